The number of carbonyl (C=O) groups is 3. The standard InChI is InChI=1S/C30H28N4O4/c1-17(2)16-33-28(35)21-9-12-23(26(15-21)30(37)38)24-13-19-5-3-4-6-20(19)14-25(24)29(36)34-22-10-7-18(8-11-22)27(31)32/h3-15,17H,16H2,1-2H3,(H3,31,32)(H,33,35)(H,34,36)(H,37,38). The van der Waals surface area contributed by atoms with Crippen molar-refractivity contribution in [2.45, 2.75) is 13.8 Å². The first-order chi connectivity index (χ1) is 18.1. The number of amidine groups is 1. The van der Waals surface area contributed by atoms with E-state index in [-0.39, 0.29) is 34.4 Å². The highest BCUT2D eigenvalue weighted by Crippen LogP contribution is 2.33. The zero-order valence-corrected chi connectivity index (χ0v) is 21.0. The Balaban J connectivity index is 1.79. The second kappa shape index (κ2) is 11.0. The molecule has 0 spiro atoms. The van der Waals surface area contributed by atoms with Gasteiger partial charge in [-0.05, 0) is 76.3 Å². The summed E-state index contributed by atoms with van der Waals surface area (Å²) in [6.45, 7) is 4.40. The maximum atomic E-state index is 13.5. The Morgan fingerprint density at radius 3 is 2.05 bits per heavy atom. The smallest absolute Gasteiger partial charge is 0.336 e. The van der Waals surface area contributed by atoms with Crippen molar-refractivity contribution in [3.8, 4) is 11.1 Å². The van der Waals surface area contributed by atoms with E-state index in [1.54, 1.807) is 48.5 Å². The van der Waals surface area contributed by atoms with Gasteiger partial charge in [0.25, 0.3) is 11.8 Å². The summed E-state index contributed by atoms with van der Waals surface area (Å²) in [5.41, 5.74) is 7.70. The van der Waals surface area contributed by atoms with Gasteiger partial charge in [-0.15, -0.1) is 0 Å². The Bertz CT molecular complexity index is 1560. The van der Waals surface area contributed by atoms with Crippen LogP contribution in [0.15, 0.2) is 78.9 Å². The molecular formula is C30H28N4O4. The molecule has 0 heterocycles. The lowest BCUT2D eigenvalue weighted by Gasteiger charge is -2.16. The number of carbonyl (C=O) groups excluding carboxylic acids is 2. The molecule has 38 heavy (non-hydrogen) atoms. The predicted octanol–water partition coefficient (Wildman–Crippen LogP) is 5.13. The molecule has 4 aromatic rings. The topological polar surface area (TPSA) is 145 Å². The van der Waals surface area contributed by atoms with Crippen molar-refractivity contribution in [3.05, 3.63) is 101 Å². The number of nitrogens with two attached hydrogens (primary N) is 1. The lowest BCUT2D eigenvalue weighted by Crippen LogP contribution is -2.27. The molecule has 192 valence electrons. The van der Waals surface area contributed by atoms with Crippen molar-refractivity contribution >= 4 is 40.1 Å². The molecule has 0 aliphatic carbocycles. The number of amides is 2. The monoisotopic (exact) mass is 508 g/mol. The number of rotatable bonds is 8. The average molecular weight is 509 g/mol. The summed E-state index contributed by atoms with van der Waals surface area (Å²) in [4.78, 5) is 38.4. The highest BCUT2D eigenvalue weighted by atomic mass is 16.4. The first-order valence-electron chi connectivity index (χ1n) is 12.1. The summed E-state index contributed by atoms with van der Waals surface area (Å²) in [7, 11) is 0. The van der Waals surface area contributed by atoms with Crippen LogP contribution in [0.2, 0.25) is 0 Å². The maximum Gasteiger partial charge on any atom is 0.336 e. The summed E-state index contributed by atoms with van der Waals surface area (Å²) in [5.74, 6) is -1.84. The van der Waals surface area contributed by atoms with Gasteiger partial charge >= 0.3 is 5.97 Å². The van der Waals surface area contributed by atoms with Crippen LogP contribution in [0.4, 0.5) is 5.69 Å². The minimum absolute atomic E-state index is 0.0813. The van der Waals surface area contributed by atoms with Crippen LogP contribution in [-0.2, 0) is 0 Å². The van der Waals surface area contributed by atoms with Crippen LogP contribution in [0.25, 0.3) is 21.9 Å². The normalized spacial score (nSPS) is 10.8. The molecule has 0 unspecified atom stereocenters. The fourth-order valence-electron chi connectivity index (χ4n) is 4.08. The fourth-order valence-corrected chi connectivity index (χ4v) is 4.08. The Morgan fingerprint density at radius 1 is 0.816 bits per heavy atom. The first kappa shape index (κ1) is 26.1. The first-order valence-corrected chi connectivity index (χ1v) is 12.1. The van der Waals surface area contributed by atoms with Gasteiger partial charge in [-0.1, -0.05) is 44.2 Å². The van der Waals surface area contributed by atoms with Crippen LogP contribution in [-0.4, -0.2) is 35.3 Å². The molecule has 8 heteroatoms. The summed E-state index contributed by atoms with van der Waals surface area (Å²) in [5, 5.41) is 24.9. The second-order valence-corrected chi connectivity index (χ2v) is 9.36. The van der Waals surface area contributed by atoms with Gasteiger partial charge in [-0.3, -0.25) is 15.0 Å². The number of anilines is 1. The molecule has 0 fully saturated rings. The van der Waals surface area contributed by atoms with E-state index in [1.807, 2.05) is 38.1 Å². The van der Waals surface area contributed by atoms with E-state index >= 15 is 0 Å². The summed E-state index contributed by atoms with van der Waals surface area (Å²) in [6.07, 6.45) is 0. The number of aromatic carboxylic acids is 1. The van der Waals surface area contributed by atoms with E-state index in [9.17, 15) is 19.5 Å². The molecule has 2 amide bonds. The average Bonchev–Trinajstić information content (AvgIpc) is 2.90. The van der Waals surface area contributed by atoms with Gasteiger partial charge < -0.3 is 21.5 Å². The Hall–Kier alpha value is -4.98. The molecule has 0 bridgehead atoms. The Labute approximate surface area is 220 Å². The molecular weight excluding hydrogens is 480 g/mol. The molecule has 0 saturated carbocycles. The van der Waals surface area contributed by atoms with E-state index in [4.69, 9.17) is 11.1 Å². The Kier molecular flexibility index (Phi) is 7.53. The highest BCUT2D eigenvalue weighted by Gasteiger charge is 2.21. The number of nitrogens with one attached hydrogen (secondary N) is 3. The van der Waals surface area contributed by atoms with Crippen molar-refractivity contribution in [3.63, 3.8) is 0 Å². The number of carboxylic acids is 1. The zero-order valence-electron chi connectivity index (χ0n) is 21.0. The van der Waals surface area contributed by atoms with Crippen molar-refractivity contribution < 1.29 is 19.5 Å². The van der Waals surface area contributed by atoms with Crippen molar-refractivity contribution in [2.24, 2.45) is 11.7 Å². The molecule has 0 radical (unpaired) electrons. The number of carboxylic acid groups (broad SMARTS) is 1. The maximum absolute atomic E-state index is 13.5. The van der Waals surface area contributed by atoms with Crippen LogP contribution < -0.4 is 16.4 Å². The number of nitrogen functional groups attached to an aromatic ring is 1. The van der Waals surface area contributed by atoms with E-state index in [1.165, 1.54) is 6.07 Å². The number of hydrogen-bond donors (Lipinski definition) is 5. The highest BCUT2D eigenvalue weighted by molar-refractivity contribution is 6.13. The van der Waals surface area contributed by atoms with E-state index in [0.29, 0.717) is 28.9 Å². The van der Waals surface area contributed by atoms with E-state index in [2.05, 4.69) is 10.6 Å². The van der Waals surface area contributed by atoms with Gasteiger partial charge in [0.1, 0.15) is 5.84 Å². The molecule has 0 atom stereocenters. The number of hydrogen-bond acceptors (Lipinski definition) is 4. The predicted molar refractivity (Wildman–Crippen MR) is 149 cm³/mol. The van der Waals surface area contributed by atoms with Crippen LogP contribution >= 0.6 is 0 Å². The Morgan fingerprint density at radius 2 is 1.45 bits per heavy atom. The van der Waals surface area contributed by atoms with Gasteiger partial charge in [0.2, 0.25) is 0 Å². The van der Waals surface area contributed by atoms with Crippen LogP contribution in [0.1, 0.15) is 50.5 Å². The summed E-state index contributed by atoms with van der Waals surface area (Å²) >= 11 is 0. The summed E-state index contributed by atoms with van der Waals surface area (Å²) in [6, 6.07) is 22.0. The largest absolute Gasteiger partial charge is 0.478 e. The SMILES string of the molecule is CC(C)CNC(=O)c1ccc(-c2cc3ccccc3cc2C(=O)Nc2ccc(C(=N)N)cc2)c(C(=O)O)c1. The lowest BCUT2D eigenvalue weighted by molar-refractivity contribution is 0.0697. The summed E-state index contributed by atoms with van der Waals surface area (Å²) < 4.78 is 0. The van der Waals surface area contributed by atoms with E-state index < -0.39 is 11.9 Å². The van der Waals surface area contributed by atoms with E-state index in [0.717, 1.165) is 10.8 Å². The second-order valence-electron chi connectivity index (χ2n) is 9.36. The number of fused-ring (bicyclic) bond motifs is 1. The van der Waals surface area contributed by atoms with Gasteiger partial charge in [-0.25, -0.2) is 4.79 Å². The molecule has 0 saturated heterocycles. The van der Waals surface area contributed by atoms with Gasteiger partial charge in [0.15, 0.2) is 0 Å². The fraction of sp³-hybridized carbons (Fsp3) is 0.133. The van der Waals surface area contributed by atoms with Crippen molar-refractivity contribution in [2.75, 3.05) is 11.9 Å². The molecule has 0 aromatic heterocycles. The molecule has 4 rings (SSSR count). The van der Waals surface area contributed by atoms with Crippen LogP contribution in [0.3, 0.4) is 0 Å². The van der Waals surface area contributed by atoms with Crippen LogP contribution in [0, 0.1) is 11.3 Å². The molecule has 4 aromatic carbocycles. The minimum Gasteiger partial charge on any atom is -0.478 e. The molecule has 6 N–H and O–H groups in total. The van der Waals surface area contributed by atoms with Crippen LogP contribution in [0.5, 0.6) is 0 Å². The quantitative estimate of drug-likeness (QED) is 0.165. The van der Waals surface area contributed by atoms with Crippen molar-refractivity contribution in [1.82, 2.24) is 5.32 Å². The lowest BCUT2D eigenvalue weighted by atomic mass is 9.91. The minimum atomic E-state index is -1.21. The molecule has 0 aliphatic heterocycles. The van der Waals surface area contributed by atoms with Crippen molar-refractivity contribution in [1.29, 1.82) is 5.41 Å². The number of benzene rings is 4. The third-order valence-corrected chi connectivity index (χ3v) is 6.06. The zero-order chi connectivity index (χ0) is 27.4. The molecule has 0 aliphatic rings. The molecule has 8 nitrogen and oxygen atoms in total. The van der Waals surface area contributed by atoms with Gasteiger partial charge in [0, 0.05) is 28.9 Å². The third kappa shape index (κ3) is 5.70. The van der Waals surface area contributed by atoms with Gasteiger partial charge in [-0.2, -0.15) is 0 Å². The third-order valence-electron chi connectivity index (χ3n) is 6.06. The van der Waals surface area contributed by atoms with Gasteiger partial charge in [0.05, 0.1) is 5.56 Å².